The highest BCUT2D eigenvalue weighted by Crippen LogP contribution is 2.36. The highest BCUT2D eigenvalue weighted by Gasteiger charge is 2.10. The zero-order valence-electron chi connectivity index (χ0n) is 16.0. The summed E-state index contributed by atoms with van der Waals surface area (Å²) < 4.78 is 15.8. The minimum atomic E-state index is -0.231. The molecule has 8 heteroatoms. The first-order valence-corrected chi connectivity index (χ1v) is 8.98. The minimum Gasteiger partial charge on any atom is -0.502 e. The fourth-order valence-electron chi connectivity index (χ4n) is 2.41. The van der Waals surface area contributed by atoms with E-state index in [2.05, 4.69) is 10.5 Å². The molecule has 0 unspecified atom stereocenters. The maximum absolute atomic E-state index is 11.9. The molecule has 28 heavy (non-hydrogen) atoms. The Bertz CT molecular complexity index is 829. The Morgan fingerprint density at radius 3 is 2.46 bits per heavy atom. The van der Waals surface area contributed by atoms with Gasteiger partial charge in [0.2, 0.25) is 11.7 Å². The fourth-order valence-corrected chi connectivity index (χ4v) is 2.64. The van der Waals surface area contributed by atoms with Gasteiger partial charge in [-0.05, 0) is 49.2 Å². The summed E-state index contributed by atoms with van der Waals surface area (Å²) in [6.07, 6.45) is 2.26. The normalized spacial score (nSPS) is 10.7. The summed E-state index contributed by atoms with van der Waals surface area (Å²) in [5, 5.41) is 14.4. The third-order valence-corrected chi connectivity index (χ3v) is 4.08. The molecule has 0 aliphatic rings. The van der Waals surface area contributed by atoms with Gasteiger partial charge in [-0.3, -0.25) is 4.79 Å². The van der Waals surface area contributed by atoms with E-state index in [-0.39, 0.29) is 29.6 Å². The Balaban J connectivity index is 1.79. The van der Waals surface area contributed by atoms with Gasteiger partial charge in [0.15, 0.2) is 11.5 Å². The summed E-state index contributed by atoms with van der Waals surface area (Å²) in [5.41, 5.74) is 4.00. The Kier molecular flexibility index (Phi) is 7.95. The molecule has 0 fully saturated rings. The number of halogens is 1. The van der Waals surface area contributed by atoms with Crippen molar-refractivity contribution in [3.05, 3.63) is 46.5 Å². The van der Waals surface area contributed by atoms with Gasteiger partial charge in [-0.25, -0.2) is 5.43 Å². The molecule has 0 atom stereocenters. The maximum Gasteiger partial charge on any atom is 0.240 e. The number of aryl methyl sites for hydroxylation is 1. The van der Waals surface area contributed by atoms with E-state index < -0.39 is 0 Å². The van der Waals surface area contributed by atoms with E-state index in [1.54, 1.807) is 18.2 Å². The first-order chi connectivity index (χ1) is 13.4. The molecule has 2 aromatic rings. The average Bonchev–Trinajstić information content (AvgIpc) is 2.67. The van der Waals surface area contributed by atoms with E-state index in [1.807, 2.05) is 19.1 Å². The SMILES string of the molecule is COc1cc(C=NNC(=O)CCCOc2ccc(Cl)cc2C)cc(OC)c1O. The molecule has 2 aromatic carbocycles. The number of carbonyl (C=O) groups excluding carboxylic acids is 1. The Morgan fingerprint density at radius 1 is 1.18 bits per heavy atom. The molecule has 0 aliphatic carbocycles. The van der Waals surface area contributed by atoms with Crippen LogP contribution in [-0.4, -0.2) is 38.1 Å². The van der Waals surface area contributed by atoms with Gasteiger partial charge in [0.1, 0.15) is 5.75 Å². The Labute approximate surface area is 168 Å². The van der Waals surface area contributed by atoms with Gasteiger partial charge in [0.25, 0.3) is 0 Å². The number of carbonyl (C=O) groups is 1. The number of aromatic hydroxyl groups is 1. The van der Waals surface area contributed by atoms with Crippen LogP contribution in [0.4, 0.5) is 0 Å². The van der Waals surface area contributed by atoms with Gasteiger partial charge in [0.05, 0.1) is 27.0 Å². The topological polar surface area (TPSA) is 89.4 Å². The number of ether oxygens (including phenoxy) is 3. The highest BCUT2D eigenvalue weighted by atomic mass is 35.5. The lowest BCUT2D eigenvalue weighted by atomic mass is 10.2. The molecule has 7 nitrogen and oxygen atoms in total. The highest BCUT2D eigenvalue weighted by molar-refractivity contribution is 6.30. The molecule has 0 spiro atoms. The number of phenols is 1. The number of rotatable bonds is 9. The van der Waals surface area contributed by atoms with Crippen LogP contribution in [-0.2, 0) is 4.79 Å². The van der Waals surface area contributed by atoms with Crippen LogP contribution in [0.25, 0.3) is 0 Å². The lowest BCUT2D eigenvalue weighted by Gasteiger charge is -2.09. The second-order valence-electron chi connectivity index (χ2n) is 5.93. The molecule has 0 aromatic heterocycles. The van der Waals surface area contributed by atoms with Gasteiger partial charge in [0, 0.05) is 17.0 Å². The molecular weight excluding hydrogens is 384 g/mol. The zero-order valence-corrected chi connectivity index (χ0v) is 16.7. The van der Waals surface area contributed by atoms with E-state index in [0.29, 0.717) is 23.6 Å². The number of nitrogens with zero attached hydrogens (tertiary/aromatic N) is 1. The molecule has 2 N–H and O–H groups in total. The Morgan fingerprint density at radius 2 is 1.86 bits per heavy atom. The summed E-state index contributed by atoms with van der Waals surface area (Å²) in [6, 6.07) is 8.55. The van der Waals surface area contributed by atoms with E-state index >= 15 is 0 Å². The van der Waals surface area contributed by atoms with Gasteiger partial charge >= 0.3 is 0 Å². The molecular formula is C20H23ClN2O5. The monoisotopic (exact) mass is 406 g/mol. The van der Waals surface area contributed by atoms with Crippen molar-refractivity contribution in [1.29, 1.82) is 0 Å². The molecule has 1 amide bonds. The predicted molar refractivity (Wildman–Crippen MR) is 108 cm³/mol. The number of amides is 1. The summed E-state index contributed by atoms with van der Waals surface area (Å²) in [4.78, 5) is 11.9. The van der Waals surface area contributed by atoms with Crippen LogP contribution < -0.4 is 19.6 Å². The van der Waals surface area contributed by atoms with Crippen molar-refractivity contribution in [3.8, 4) is 23.0 Å². The lowest BCUT2D eigenvalue weighted by molar-refractivity contribution is -0.121. The van der Waals surface area contributed by atoms with Gasteiger partial charge in [-0.15, -0.1) is 0 Å². The van der Waals surface area contributed by atoms with Crippen LogP contribution in [0.15, 0.2) is 35.4 Å². The van der Waals surface area contributed by atoms with E-state index in [9.17, 15) is 9.90 Å². The van der Waals surface area contributed by atoms with Crippen LogP contribution in [0.1, 0.15) is 24.0 Å². The quantitative estimate of drug-likeness (QED) is 0.376. The van der Waals surface area contributed by atoms with Crippen LogP contribution in [0.2, 0.25) is 5.02 Å². The number of nitrogens with one attached hydrogen (secondary N) is 1. The predicted octanol–water partition coefficient (Wildman–Crippen LogP) is 3.68. The fraction of sp³-hybridized carbons (Fsp3) is 0.300. The number of hydrogen-bond acceptors (Lipinski definition) is 6. The Hall–Kier alpha value is -2.93. The van der Waals surface area contributed by atoms with Crippen molar-refractivity contribution in [2.45, 2.75) is 19.8 Å². The van der Waals surface area contributed by atoms with E-state index in [0.717, 1.165) is 11.3 Å². The molecule has 150 valence electrons. The molecule has 0 bridgehead atoms. The number of methoxy groups -OCH3 is 2. The van der Waals surface area contributed by atoms with E-state index in [1.165, 1.54) is 20.4 Å². The molecule has 0 saturated carbocycles. The molecule has 0 radical (unpaired) electrons. The second-order valence-corrected chi connectivity index (χ2v) is 6.37. The molecule has 0 heterocycles. The third-order valence-electron chi connectivity index (χ3n) is 3.85. The molecule has 0 saturated heterocycles. The summed E-state index contributed by atoms with van der Waals surface area (Å²) >= 11 is 5.91. The summed E-state index contributed by atoms with van der Waals surface area (Å²) in [5.74, 6) is 0.925. The minimum absolute atomic E-state index is 0.0953. The van der Waals surface area contributed by atoms with Crippen LogP contribution in [0.3, 0.4) is 0 Å². The van der Waals surface area contributed by atoms with Gasteiger partial charge < -0.3 is 19.3 Å². The van der Waals surface area contributed by atoms with Gasteiger partial charge in [-0.2, -0.15) is 5.10 Å². The number of hydrazone groups is 1. The van der Waals surface area contributed by atoms with Crippen molar-refractivity contribution < 1.29 is 24.1 Å². The van der Waals surface area contributed by atoms with Crippen molar-refractivity contribution in [2.75, 3.05) is 20.8 Å². The van der Waals surface area contributed by atoms with Crippen LogP contribution in [0.5, 0.6) is 23.0 Å². The zero-order chi connectivity index (χ0) is 20.5. The largest absolute Gasteiger partial charge is 0.502 e. The lowest BCUT2D eigenvalue weighted by Crippen LogP contribution is -2.18. The van der Waals surface area contributed by atoms with Crippen LogP contribution >= 0.6 is 11.6 Å². The van der Waals surface area contributed by atoms with Crippen molar-refractivity contribution in [3.63, 3.8) is 0 Å². The van der Waals surface area contributed by atoms with Crippen LogP contribution in [0, 0.1) is 6.92 Å². The molecule has 2 rings (SSSR count). The second kappa shape index (κ2) is 10.4. The van der Waals surface area contributed by atoms with Gasteiger partial charge in [-0.1, -0.05) is 11.6 Å². The standard InChI is InChI=1S/C20H23ClN2O5/c1-13-9-15(21)6-7-16(13)28-8-4-5-19(24)23-22-12-14-10-17(26-2)20(25)18(11-14)27-3/h6-7,9-12,25H,4-5,8H2,1-3H3,(H,23,24). The van der Waals surface area contributed by atoms with Crippen molar-refractivity contribution in [2.24, 2.45) is 5.10 Å². The average molecular weight is 407 g/mol. The summed E-state index contributed by atoms with van der Waals surface area (Å²) in [6.45, 7) is 2.32. The van der Waals surface area contributed by atoms with Crippen molar-refractivity contribution in [1.82, 2.24) is 5.43 Å². The summed E-state index contributed by atoms with van der Waals surface area (Å²) in [7, 11) is 2.87. The number of benzene rings is 2. The number of hydrogen-bond donors (Lipinski definition) is 2. The van der Waals surface area contributed by atoms with Crippen molar-refractivity contribution >= 4 is 23.7 Å². The number of phenolic OH excluding ortho intramolecular Hbond substituents is 1. The third kappa shape index (κ3) is 6.06. The smallest absolute Gasteiger partial charge is 0.240 e. The first kappa shape index (κ1) is 21.4. The first-order valence-electron chi connectivity index (χ1n) is 8.60. The molecule has 0 aliphatic heterocycles. The maximum atomic E-state index is 11.9. The van der Waals surface area contributed by atoms with E-state index in [4.69, 9.17) is 25.8 Å².